The minimum absolute atomic E-state index is 0.0336. The predicted molar refractivity (Wildman–Crippen MR) is 107 cm³/mol. The Bertz CT molecular complexity index is 715. The van der Waals surface area contributed by atoms with Crippen LogP contribution in [0.5, 0.6) is 0 Å². The molecule has 7 heteroatoms. The first-order valence-corrected chi connectivity index (χ1v) is 10.2. The van der Waals surface area contributed by atoms with Gasteiger partial charge in [-0.1, -0.05) is 26.0 Å². The highest BCUT2D eigenvalue weighted by molar-refractivity contribution is 5.95. The minimum atomic E-state index is -0.280. The monoisotopic (exact) mass is 386 g/mol. The van der Waals surface area contributed by atoms with Gasteiger partial charge in [0.2, 0.25) is 11.8 Å². The van der Waals surface area contributed by atoms with Gasteiger partial charge in [0, 0.05) is 31.7 Å². The van der Waals surface area contributed by atoms with Crippen LogP contribution in [0.4, 0.5) is 0 Å². The first-order valence-electron chi connectivity index (χ1n) is 10.2. The molecule has 2 aliphatic heterocycles. The maximum absolute atomic E-state index is 12.6. The molecule has 1 N–H and O–H groups in total. The average Bonchev–Trinajstić information content (AvgIpc) is 3.20. The molecule has 0 spiro atoms. The Kier molecular flexibility index (Phi) is 6.67. The van der Waals surface area contributed by atoms with Crippen molar-refractivity contribution in [1.29, 1.82) is 0 Å². The van der Waals surface area contributed by atoms with E-state index in [4.69, 9.17) is 0 Å². The summed E-state index contributed by atoms with van der Waals surface area (Å²) in [5.74, 6) is -0.0221. The molecule has 1 aromatic carbocycles. The van der Waals surface area contributed by atoms with Crippen LogP contribution in [0.25, 0.3) is 0 Å². The minimum Gasteiger partial charge on any atom is -0.351 e. The fourth-order valence-electron chi connectivity index (χ4n) is 3.95. The van der Waals surface area contributed by atoms with Crippen LogP contribution >= 0.6 is 0 Å². The van der Waals surface area contributed by atoms with E-state index in [1.165, 1.54) is 0 Å². The number of nitrogens with one attached hydrogen (secondary N) is 1. The SMILES string of the molecule is CCN(CC)CCNC(=O)c1ccc(CN2CC(=O)N3CCCC3C2=O)cc1. The van der Waals surface area contributed by atoms with E-state index in [2.05, 4.69) is 24.1 Å². The number of hydrogen-bond donors (Lipinski definition) is 1. The number of piperazine rings is 1. The number of carbonyl (C=O) groups excluding carboxylic acids is 3. The molecule has 0 bridgehead atoms. The molecule has 0 saturated carbocycles. The summed E-state index contributed by atoms with van der Waals surface area (Å²) < 4.78 is 0. The zero-order valence-corrected chi connectivity index (χ0v) is 16.8. The van der Waals surface area contributed by atoms with E-state index in [-0.39, 0.29) is 30.3 Å². The predicted octanol–water partition coefficient (Wildman–Crippen LogP) is 1.09. The van der Waals surface area contributed by atoms with Gasteiger partial charge in [0.25, 0.3) is 5.91 Å². The van der Waals surface area contributed by atoms with Crippen LogP contribution in [0.15, 0.2) is 24.3 Å². The first kappa shape index (κ1) is 20.3. The summed E-state index contributed by atoms with van der Waals surface area (Å²) in [5.41, 5.74) is 1.53. The van der Waals surface area contributed by atoms with Crippen molar-refractivity contribution in [1.82, 2.24) is 20.0 Å². The van der Waals surface area contributed by atoms with E-state index in [0.717, 1.165) is 38.0 Å². The van der Waals surface area contributed by atoms with Crippen molar-refractivity contribution < 1.29 is 14.4 Å². The van der Waals surface area contributed by atoms with Crippen LogP contribution in [-0.4, -0.2) is 77.7 Å². The average molecular weight is 386 g/mol. The number of nitrogens with zero attached hydrogens (tertiary/aromatic N) is 3. The third-order valence-corrected chi connectivity index (χ3v) is 5.69. The molecule has 1 unspecified atom stereocenters. The topological polar surface area (TPSA) is 73.0 Å². The largest absolute Gasteiger partial charge is 0.351 e. The lowest BCUT2D eigenvalue weighted by molar-refractivity contribution is -0.154. The molecule has 2 saturated heterocycles. The Labute approximate surface area is 166 Å². The van der Waals surface area contributed by atoms with Crippen molar-refractivity contribution >= 4 is 17.7 Å². The highest BCUT2D eigenvalue weighted by atomic mass is 16.2. The highest BCUT2D eigenvalue weighted by Gasteiger charge is 2.41. The van der Waals surface area contributed by atoms with Crippen molar-refractivity contribution in [2.75, 3.05) is 39.3 Å². The van der Waals surface area contributed by atoms with Gasteiger partial charge in [-0.25, -0.2) is 0 Å². The lowest BCUT2D eigenvalue weighted by Gasteiger charge is -2.36. The van der Waals surface area contributed by atoms with Gasteiger partial charge >= 0.3 is 0 Å². The van der Waals surface area contributed by atoms with Crippen LogP contribution in [0.3, 0.4) is 0 Å². The van der Waals surface area contributed by atoms with Crippen LogP contribution in [0, 0.1) is 0 Å². The van der Waals surface area contributed by atoms with Gasteiger partial charge in [0.05, 0.1) is 0 Å². The molecule has 3 amide bonds. The summed E-state index contributed by atoms with van der Waals surface area (Å²) in [5, 5.41) is 2.94. The van der Waals surface area contributed by atoms with Crippen molar-refractivity contribution in [3.05, 3.63) is 35.4 Å². The summed E-state index contributed by atoms with van der Waals surface area (Å²) in [6.45, 7) is 8.84. The van der Waals surface area contributed by atoms with E-state index in [1.807, 2.05) is 12.1 Å². The summed E-state index contributed by atoms with van der Waals surface area (Å²) in [6.07, 6.45) is 1.65. The molecule has 3 rings (SSSR count). The third kappa shape index (κ3) is 4.52. The molecule has 0 aliphatic carbocycles. The summed E-state index contributed by atoms with van der Waals surface area (Å²) in [7, 11) is 0. The van der Waals surface area contributed by atoms with Crippen LogP contribution in [0.1, 0.15) is 42.6 Å². The molecule has 1 atom stereocenters. The van der Waals surface area contributed by atoms with Gasteiger partial charge in [-0.3, -0.25) is 14.4 Å². The lowest BCUT2D eigenvalue weighted by Crippen LogP contribution is -2.56. The van der Waals surface area contributed by atoms with Crippen molar-refractivity contribution in [2.45, 2.75) is 39.3 Å². The number of carbonyl (C=O) groups is 3. The van der Waals surface area contributed by atoms with Crippen molar-refractivity contribution in [3.63, 3.8) is 0 Å². The lowest BCUT2D eigenvalue weighted by atomic mass is 10.1. The highest BCUT2D eigenvalue weighted by Crippen LogP contribution is 2.24. The standard InChI is InChI=1S/C21H30N4O3/c1-3-23(4-2)13-11-22-20(27)17-9-7-16(8-10-17)14-24-15-19(26)25-12-5-6-18(25)21(24)28/h7-10,18H,3-6,11-15H2,1-2H3,(H,22,27). The van der Waals surface area contributed by atoms with Crippen molar-refractivity contribution in [3.8, 4) is 0 Å². The molecule has 1 aromatic rings. The zero-order valence-electron chi connectivity index (χ0n) is 16.8. The van der Waals surface area contributed by atoms with E-state index in [9.17, 15) is 14.4 Å². The third-order valence-electron chi connectivity index (χ3n) is 5.69. The zero-order chi connectivity index (χ0) is 20.1. The summed E-state index contributed by atoms with van der Waals surface area (Å²) in [6, 6.07) is 6.99. The summed E-state index contributed by atoms with van der Waals surface area (Å²) >= 11 is 0. The van der Waals surface area contributed by atoms with Gasteiger partial charge in [0.1, 0.15) is 12.6 Å². The fraction of sp³-hybridized carbons (Fsp3) is 0.571. The van der Waals surface area contributed by atoms with Gasteiger partial charge in [0.15, 0.2) is 0 Å². The molecule has 0 radical (unpaired) electrons. The molecule has 0 aromatic heterocycles. The smallest absolute Gasteiger partial charge is 0.251 e. The van der Waals surface area contributed by atoms with Crippen molar-refractivity contribution in [2.24, 2.45) is 0 Å². The maximum atomic E-state index is 12.6. The number of benzene rings is 1. The normalized spacial score (nSPS) is 19.3. The molecule has 2 fully saturated rings. The second-order valence-electron chi connectivity index (χ2n) is 7.42. The molecular formula is C21H30N4O3. The second kappa shape index (κ2) is 9.19. The molecule has 152 valence electrons. The second-order valence-corrected chi connectivity index (χ2v) is 7.42. The van der Waals surface area contributed by atoms with E-state index < -0.39 is 0 Å². The molecule has 28 heavy (non-hydrogen) atoms. The van der Waals surface area contributed by atoms with Crippen LogP contribution in [0.2, 0.25) is 0 Å². The van der Waals surface area contributed by atoms with Gasteiger partial charge in [-0.2, -0.15) is 0 Å². The van der Waals surface area contributed by atoms with Gasteiger partial charge in [-0.15, -0.1) is 0 Å². The first-order chi connectivity index (χ1) is 13.5. The van der Waals surface area contributed by atoms with Crippen LogP contribution < -0.4 is 5.32 Å². The Morgan fingerprint density at radius 1 is 1.18 bits per heavy atom. The number of hydrogen-bond acceptors (Lipinski definition) is 4. The number of likely N-dealkylation sites (N-methyl/N-ethyl adjacent to an activating group) is 1. The van der Waals surface area contributed by atoms with E-state index in [1.54, 1.807) is 21.9 Å². The molecule has 2 aliphatic rings. The van der Waals surface area contributed by atoms with Gasteiger partial charge in [-0.05, 0) is 43.6 Å². The molecule has 2 heterocycles. The Morgan fingerprint density at radius 2 is 1.89 bits per heavy atom. The Balaban J connectivity index is 1.53. The molecular weight excluding hydrogens is 356 g/mol. The maximum Gasteiger partial charge on any atom is 0.251 e. The fourth-order valence-corrected chi connectivity index (χ4v) is 3.95. The quantitative estimate of drug-likeness (QED) is 0.726. The Hall–Kier alpha value is -2.41. The Morgan fingerprint density at radius 3 is 2.57 bits per heavy atom. The van der Waals surface area contributed by atoms with Gasteiger partial charge < -0.3 is 20.0 Å². The van der Waals surface area contributed by atoms with Crippen LogP contribution in [-0.2, 0) is 16.1 Å². The molecule has 7 nitrogen and oxygen atoms in total. The number of fused-ring (bicyclic) bond motifs is 1. The number of amides is 3. The summed E-state index contributed by atoms with van der Waals surface area (Å²) in [4.78, 5) is 42.7. The number of rotatable bonds is 8. The van der Waals surface area contributed by atoms with E-state index in [0.29, 0.717) is 25.2 Å². The van der Waals surface area contributed by atoms with E-state index >= 15 is 0 Å².